The number of carboxylic acid groups (broad SMARTS) is 1. The highest BCUT2D eigenvalue weighted by molar-refractivity contribution is 5.83. The van der Waals surface area contributed by atoms with Gasteiger partial charge in [-0.1, -0.05) is 13.3 Å². The molecule has 0 aliphatic carbocycles. The molecule has 6 nitrogen and oxygen atoms in total. The minimum Gasteiger partial charge on any atom is -0.465 e. The van der Waals surface area contributed by atoms with Crippen molar-refractivity contribution in [2.24, 2.45) is 11.8 Å². The first-order valence-corrected chi connectivity index (χ1v) is 5.63. The van der Waals surface area contributed by atoms with Gasteiger partial charge in [0.15, 0.2) is 0 Å². The van der Waals surface area contributed by atoms with Gasteiger partial charge in [0.25, 0.3) is 0 Å². The fourth-order valence-electron chi connectivity index (χ4n) is 2.30. The van der Waals surface area contributed by atoms with Gasteiger partial charge in [-0.3, -0.25) is 9.36 Å². The van der Waals surface area contributed by atoms with Crippen LogP contribution in [0.25, 0.3) is 0 Å². The van der Waals surface area contributed by atoms with Gasteiger partial charge in [0, 0.05) is 25.5 Å². The number of aromatic nitrogens is 2. The predicted molar refractivity (Wildman–Crippen MR) is 59.7 cm³/mol. The normalized spacial score (nSPS) is 23.9. The number of likely N-dealkylation sites (tertiary alicyclic amines) is 1. The van der Waals surface area contributed by atoms with Crippen molar-refractivity contribution >= 4 is 12.0 Å². The molecule has 0 saturated carbocycles. The number of rotatable bonds is 2. The molecule has 1 N–H and O–H groups in total. The van der Waals surface area contributed by atoms with Crippen molar-refractivity contribution in [3.8, 4) is 0 Å². The van der Waals surface area contributed by atoms with Crippen LogP contribution in [-0.4, -0.2) is 44.6 Å². The summed E-state index contributed by atoms with van der Waals surface area (Å²) in [6.45, 7) is 2.70. The minimum absolute atomic E-state index is 0.0712. The fraction of sp³-hybridized carbons (Fsp3) is 0.545. The highest BCUT2D eigenvalue weighted by Crippen LogP contribution is 2.27. The van der Waals surface area contributed by atoms with E-state index in [4.69, 9.17) is 5.11 Å². The zero-order chi connectivity index (χ0) is 12.4. The number of hydrogen-bond donors (Lipinski definition) is 1. The highest BCUT2D eigenvalue weighted by atomic mass is 16.4. The Bertz CT molecular complexity index is 416. The summed E-state index contributed by atoms with van der Waals surface area (Å²) in [7, 11) is 0. The number of hydrogen-bond acceptors (Lipinski definition) is 3. The van der Waals surface area contributed by atoms with Crippen LogP contribution in [0.1, 0.15) is 18.1 Å². The second kappa shape index (κ2) is 4.57. The minimum atomic E-state index is -0.954. The Kier molecular flexibility index (Phi) is 3.12. The Morgan fingerprint density at radius 2 is 2.24 bits per heavy atom. The van der Waals surface area contributed by atoms with Gasteiger partial charge in [0.05, 0.1) is 5.92 Å². The summed E-state index contributed by atoms with van der Waals surface area (Å²) in [5.41, 5.74) is 0. The molecule has 1 aliphatic rings. The molecule has 1 aromatic rings. The van der Waals surface area contributed by atoms with E-state index in [-0.39, 0.29) is 24.3 Å². The maximum Gasteiger partial charge on any atom is 0.407 e. The Hall–Kier alpha value is -1.85. The number of imidazole rings is 1. The summed E-state index contributed by atoms with van der Waals surface area (Å²) >= 11 is 0. The highest BCUT2D eigenvalue weighted by Gasteiger charge is 2.38. The summed E-state index contributed by atoms with van der Waals surface area (Å²) in [5, 5.41) is 8.95. The zero-order valence-electron chi connectivity index (χ0n) is 9.61. The van der Waals surface area contributed by atoms with E-state index in [1.54, 1.807) is 12.4 Å². The van der Waals surface area contributed by atoms with Gasteiger partial charge in [0.2, 0.25) is 5.91 Å². The van der Waals surface area contributed by atoms with Gasteiger partial charge in [-0.05, 0) is 5.92 Å². The fourth-order valence-corrected chi connectivity index (χ4v) is 2.30. The lowest BCUT2D eigenvalue weighted by Crippen LogP contribution is -2.29. The molecule has 0 bridgehead atoms. The molecule has 2 atom stereocenters. The molecule has 17 heavy (non-hydrogen) atoms. The van der Waals surface area contributed by atoms with Crippen LogP contribution in [0, 0.1) is 11.8 Å². The average molecular weight is 237 g/mol. The van der Waals surface area contributed by atoms with Gasteiger partial charge in [0.1, 0.15) is 6.33 Å². The molecule has 0 spiro atoms. The molecule has 2 heterocycles. The monoisotopic (exact) mass is 237 g/mol. The van der Waals surface area contributed by atoms with E-state index >= 15 is 0 Å². The van der Waals surface area contributed by atoms with Crippen LogP contribution in [0.15, 0.2) is 18.7 Å². The second-order valence-corrected chi connectivity index (χ2v) is 4.27. The average Bonchev–Trinajstić information content (AvgIpc) is 2.97. The molecule has 1 fully saturated rings. The molecule has 2 unspecified atom stereocenters. The van der Waals surface area contributed by atoms with Crippen molar-refractivity contribution in [3.63, 3.8) is 0 Å². The molecule has 0 radical (unpaired) electrons. The Labute approximate surface area is 98.9 Å². The third-order valence-electron chi connectivity index (χ3n) is 3.31. The first kappa shape index (κ1) is 11.6. The predicted octanol–water partition coefficient (Wildman–Crippen LogP) is 1.16. The number of carbonyl (C=O) groups excluding carboxylic acids is 1. The van der Waals surface area contributed by atoms with Crippen molar-refractivity contribution in [3.05, 3.63) is 18.7 Å². The van der Waals surface area contributed by atoms with Crippen LogP contribution in [0.3, 0.4) is 0 Å². The molecular weight excluding hydrogens is 222 g/mol. The largest absolute Gasteiger partial charge is 0.465 e. The molecule has 1 amide bonds. The Balaban J connectivity index is 2.14. The number of carbonyl (C=O) groups is 2. The molecule has 92 valence electrons. The summed E-state index contributed by atoms with van der Waals surface area (Å²) in [6, 6.07) is 0. The maximum atomic E-state index is 12.1. The molecule has 6 heteroatoms. The SMILES string of the molecule is CCC1CN(C(=O)O)CC1C(=O)n1ccnc1. The van der Waals surface area contributed by atoms with E-state index in [9.17, 15) is 9.59 Å². The smallest absolute Gasteiger partial charge is 0.407 e. The van der Waals surface area contributed by atoms with E-state index in [2.05, 4.69) is 4.98 Å². The van der Waals surface area contributed by atoms with Crippen LogP contribution in [0.5, 0.6) is 0 Å². The van der Waals surface area contributed by atoms with Crippen molar-refractivity contribution in [1.29, 1.82) is 0 Å². The molecule has 0 aromatic carbocycles. The molecule has 2 rings (SSSR count). The van der Waals surface area contributed by atoms with Gasteiger partial charge in [-0.2, -0.15) is 0 Å². The third kappa shape index (κ3) is 2.15. The van der Waals surface area contributed by atoms with Crippen LogP contribution < -0.4 is 0 Å². The lowest BCUT2D eigenvalue weighted by molar-refractivity contribution is 0.0809. The van der Waals surface area contributed by atoms with Gasteiger partial charge >= 0.3 is 6.09 Å². The summed E-state index contributed by atoms with van der Waals surface area (Å²) in [6.07, 6.45) is 4.44. The van der Waals surface area contributed by atoms with Crippen LogP contribution in [-0.2, 0) is 0 Å². The first-order valence-electron chi connectivity index (χ1n) is 5.63. The van der Waals surface area contributed by atoms with Gasteiger partial charge in [-0.25, -0.2) is 9.78 Å². The van der Waals surface area contributed by atoms with Gasteiger partial charge < -0.3 is 10.0 Å². The number of nitrogens with zero attached hydrogens (tertiary/aromatic N) is 3. The second-order valence-electron chi connectivity index (χ2n) is 4.27. The first-order chi connectivity index (χ1) is 8.13. The van der Waals surface area contributed by atoms with Crippen molar-refractivity contribution in [1.82, 2.24) is 14.5 Å². The zero-order valence-corrected chi connectivity index (χ0v) is 9.61. The van der Waals surface area contributed by atoms with E-state index in [1.807, 2.05) is 6.92 Å². The van der Waals surface area contributed by atoms with E-state index in [0.29, 0.717) is 6.54 Å². The van der Waals surface area contributed by atoms with E-state index in [0.717, 1.165) is 6.42 Å². The summed E-state index contributed by atoms with van der Waals surface area (Å²) in [4.78, 5) is 28.2. The molecule has 1 aliphatic heterocycles. The standard InChI is InChI=1S/C11H15N3O3/c1-2-8-5-14(11(16)17)6-9(8)10(15)13-4-3-12-7-13/h3-4,7-9H,2,5-6H2,1H3,(H,16,17). The van der Waals surface area contributed by atoms with Crippen molar-refractivity contribution in [2.75, 3.05) is 13.1 Å². The van der Waals surface area contributed by atoms with Crippen molar-refractivity contribution < 1.29 is 14.7 Å². The lowest BCUT2D eigenvalue weighted by Gasteiger charge is -2.14. The van der Waals surface area contributed by atoms with E-state index < -0.39 is 6.09 Å². The number of amides is 1. The topological polar surface area (TPSA) is 75.4 Å². The van der Waals surface area contributed by atoms with Gasteiger partial charge in [-0.15, -0.1) is 0 Å². The van der Waals surface area contributed by atoms with Crippen molar-refractivity contribution in [2.45, 2.75) is 13.3 Å². The Morgan fingerprint density at radius 3 is 2.76 bits per heavy atom. The Morgan fingerprint density at radius 1 is 1.47 bits per heavy atom. The molecular formula is C11H15N3O3. The van der Waals surface area contributed by atoms with Crippen LogP contribution in [0.4, 0.5) is 4.79 Å². The third-order valence-corrected chi connectivity index (χ3v) is 3.31. The van der Waals surface area contributed by atoms with E-state index in [1.165, 1.54) is 15.8 Å². The molecule has 1 saturated heterocycles. The van der Waals surface area contributed by atoms with Crippen LogP contribution >= 0.6 is 0 Å². The summed E-state index contributed by atoms with van der Waals surface area (Å²) < 4.78 is 1.43. The lowest BCUT2D eigenvalue weighted by atomic mass is 9.93. The maximum absolute atomic E-state index is 12.1. The molecule has 1 aromatic heterocycles. The quantitative estimate of drug-likeness (QED) is 0.837. The summed E-state index contributed by atoms with van der Waals surface area (Å²) in [5.74, 6) is -0.232. The van der Waals surface area contributed by atoms with Crippen LogP contribution in [0.2, 0.25) is 0 Å².